The number of aliphatic hydroxyl groups excluding tert-OH is 4. The summed E-state index contributed by atoms with van der Waals surface area (Å²) >= 11 is 6.48. The Morgan fingerprint density at radius 3 is 2.21 bits per heavy atom. The van der Waals surface area contributed by atoms with Gasteiger partial charge < -0.3 is 25.2 Å². The standard InChI is InChI=1S/C27H33ClO5/c28-21-8-7-18(26-25(32)24(31)23(30)22(15-29)33-26)12-19(21)11-16-3-5-17(6-4-16)20-13-27(14-20)9-1-2-10-27/h3-8,12,20,22-26,29-32H,1-2,9-11,13-15H2/t22-,23-,24+,25-,26+/m1/s1. The minimum absolute atomic E-state index is 0.448. The van der Waals surface area contributed by atoms with E-state index < -0.39 is 37.1 Å². The van der Waals surface area contributed by atoms with Gasteiger partial charge in [-0.1, -0.05) is 60.8 Å². The van der Waals surface area contributed by atoms with E-state index in [0.717, 1.165) is 11.1 Å². The molecule has 1 aliphatic heterocycles. The van der Waals surface area contributed by atoms with Crippen LogP contribution in [-0.4, -0.2) is 51.4 Å². The summed E-state index contributed by atoms with van der Waals surface area (Å²) in [7, 11) is 0. The van der Waals surface area contributed by atoms with E-state index in [1.165, 1.54) is 44.1 Å². The second-order valence-electron chi connectivity index (χ2n) is 10.3. The monoisotopic (exact) mass is 472 g/mol. The molecule has 0 unspecified atom stereocenters. The molecule has 1 heterocycles. The maximum Gasteiger partial charge on any atom is 0.113 e. The third-order valence-corrected chi connectivity index (χ3v) is 8.53. The van der Waals surface area contributed by atoms with Gasteiger partial charge in [-0.05, 0) is 71.8 Å². The molecule has 0 aromatic heterocycles. The van der Waals surface area contributed by atoms with Crippen LogP contribution in [0.2, 0.25) is 5.02 Å². The van der Waals surface area contributed by atoms with Gasteiger partial charge in [0.2, 0.25) is 0 Å². The first kappa shape index (κ1) is 23.3. The van der Waals surface area contributed by atoms with Crippen LogP contribution in [0.25, 0.3) is 0 Å². The molecular weight excluding hydrogens is 440 g/mol. The summed E-state index contributed by atoms with van der Waals surface area (Å²) in [5, 5.41) is 40.7. The molecule has 0 radical (unpaired) electrons. The fourth-order valence-corrected chi connectivity index (χ4v) is 6.35. The van der Waals surface area contributed by atoms with Crippen LogP contribution >= 0.6 is 11.6 Å². The highest BCUT2D eigenvalue weighted by molar-refractivity contribution is 6.31. The summed E-state index contributed by atoms with van der Waals surface area (Å²) in [5.74, 6) is 0.690. The minimum Gasteiger partial charge on any atom is -0.394 e. The summed E-state index contributed by atoms with van der Waals surface area (Å²) in [4.78, 5) is 0. The lowest BCUT2D eigenvalue weighted by Gasteiger charge is -2.46. The van der Waals surface area contributed by atoms with Crippen LogP contribution in [-0.2, 0) is 11.2 Å². The molecule has 2 aromatic carbocycles. The van der Waals surface area contributed by atoms with Gasteiger partial charge in [0.1, 0.15) is 30.5 Å². The Kier molecular flexibility index (Phi) is 6.55. The number of hydrogen-bond donors (Lipinski definition) is 4. The molecule has 3 fully saturated rings. The summed E-state index contributed by atoms with van der Waals surface area (Å²) in [6, 6.07) is 14.2. The molecule has 4 N–H and O–H groups in total. The predicted octanol–water partition coefficient (Wildman–Crippen LogP) is 3.88. The van der Waals surface area contributed by atoms with Crippen molar-refractivity contribution in [2.24, 2.45) is 5.41 Å². The Morgan fingerprint density at radius 1 is 0.879 bits per heavy atom. The quantitative estimate of drug-likeness (QED) is 0.530. The highest BCUT2D eigenvalue weighted by Crippen LogP contribution is 2.59. The second-order valence-corrected chi connectivity index (χ2v) is 10.7. The number of hydrogen-bond acceptors (Lipinski definition) is 5. The highest BCUT2D eigenvalue weighted by atomic mass is 35.5. The van der Waals surface area contributed by atoms with E-state index in [1.807, 2.05) is 6.07 Å². The first-order chi connectivity index (χ1) is 15.9. The smallest absolute Gasteiger partial charge is 0.113 e. The summed E-state index contributed by atoms with van der Waals surface area (Å²) in [6.07, 6.45) is 3.04. The molecule has 1 spiro atoms. The van der Waals surface area contributed by atoms with E-state index in [1.54, 1.807) is 12.1 Å². The van der Waals surface area contributed by atoms with Crippen molar-refractivity contribution in [2.45, 2.75) is 81.4 Å². The molecule has 0 bridgehead atoms. The average Bonchev–Trinajstić information content (AvgIpc) is 3.30. The van der Waals surface area contributed by atoms with Crippen LogP contribution in [0.15, 0.2) is 42.5 Å². The van der Waals surface area contributed by atoms with Crippen molar-refractivity contribution in [1.29, 1.82) is 0 Å². The van der Waals surface area contributed by atoms with E-state index >= 15 is 0 Å². The fraction of sp³-hybridized carbons (Fsp3) is 0.556. The lowest BCUT2D eigenvalue weighted by atomic mass is 9.59. The van der Waals surface area contributed by atoms with Gasteiger partial charge >= 0.3 is 0 Å². The molecule has 5 atom stereocenters. The molecule has 5 rings (SSSR count). The molecule has 5 nitrogen and oxygen atoms in total. The SMILES string of the molecule is OC[C@H]1O[C@@H](c2ccc(Cl)c(Cc3ccc(C4CC5(CCCC5)C4)cc3)c2)[C@H](O)[C@@H](O)[C@@H]1O. The largest absolute Gasteiger partial charge is 0.394 e. The molecule has 6 heteroatoms. The zero-order chi connectivity index (χ0) is 23.2. The van der Waals surface area contributed by atoms with E-state index in [2.05, 4.69) is 24.3 Å². The topological polar surface area (TPSA) is 90.2 Å². The molecule has 2 aromatic rings. The van der Waals surface area contributed by atoms with Crippen LogP contribution < -0.4 is 0 Å². The lowest BCUT2D eigenvalue weighted by Crippen LogP contribution is -2.55. The summed E-state index contributed by atoms with van der Waals surface area (Å²) < 4.78 is 5.71. The lowest BCUT2D eigenvalue weighted by molar-refractivity contribution is -0.231. The van der Waals surface area contributed by atoms with Crippen molar-refractivity contribution in [1.82, 2.24) is 0 Å². The van der Waals surface area contributed by atoms with Gasteiger partial charge in [-0.3, -0.25) is 0 Å². The normalized spacial score (nSPS) is 31.6. The van der Waals surface area contributed by atoms with E-state index in [4.69, 9.17) is 16.3 Å². The summed E-state index contributed by atoms with van der Waals surface area (Å²) in [5.41, 5.74) is 4.77. The first-order valence-corrected chi connectivity index (χ1v) is 12.4. The third kappa shape index (κ3) is 4.47. The van der Waals surface area contributed by atoms with Crippen LogP contribution in [0.4, 0.5) is 0 Å². The number of ether oxygens (including phenoxy) is 1. The van der Waals surface area contributed by atoms with E-state index in [-0.39, 0.29) is 0 Å². The number of halogens is 1. The molecule has 33 heavy (non-hydrogen) atoms. The number of rotatable bonds is 5. The first-order valence-electron chi connectivity index (χ1n) is 12.1. The van der Waals surface area contributed by atoms with Crippen molar-refractivity contribution in [3.63, 3.8) is 0 Å². The van der Waals surface area contributed by atoms with Gasteiger partial charge in [0.15, 0.2) is 0 Å². The van der Waals surface area contributed by atoms with E-state index in [0.29, 0.717) is 28.3 Å². The van der Waals surface area contributed by atoms with Crippen molar-refractivity contribution >= 4 is 11.6 Å². The van der Waals surface area contributed by atoms with Gasteiger partial charge in [0.25, 0.3) is 0 Å². The zero-order valence-electron chi connectivity index (χ0n) is 18.7. The highest BCUT2D eigenvalue weighted by Gasteiger charge is 2.46. The molecule has 3 aliphatic rings. The van der Waals surface area contributed by atoms with Crippen LogP contribution in [0.5, 0.6) is 0 Å². The van der Waals surface area contributed by atoms with Crippen LogP contribution in [0.1, 0.15) is 72.8 Å². The fourth-order valence-electron chi connectivity index (χ4n) is 6.17. The van der Waals surface area contributed by atoms with Crippen molar-refractivity contribution < 1.29 is 25.2 Å². The number of aliphatic hydroxyl groups is 4. The molecule has 2 saturated carbocycles. The van der Waals surface area contributed by atoms with Crippen molar-refractivity contribution in [3.05, 3.63) is 69.7 Å². The van der Waals surface area contributed by atoms with Crippen LogP contribution in [0.3, 0.4) is 0 Å². The second kappa shape index (κ2) is 9.29. The third-order valence-electron chi connectivity index (χ3n) is 8.16. The maximum absolute atomic E-state index is 10.5. The molecule has 178 valence electrons. The Labute approximate surface area is 200 Å². The Hall–Kier alpha value is -1.47. The maximum atomic E-state index is 10.5. The van der Waals surface area contributed by atoms with Crippen molar-refractivity contribution in [3.8, 4) is 0 Å². The molecule has 2 aliphatic carbocycles. The molecule has 1 saturated heterocycles. The van der Waals surface area contributed by atoms with Gasteiger partial charge in [0.05, 0.1) is 6.61 Å². The van der Waals surface area contributed by atoms with Crippen LogP contribution in [0, 0.1) is 5.41 Å². The van der Waals surface area contributed by atoms with E-state index in [9.17, 15) is 20.4 Å². The molecule has 0 amide bonds. The van der Waals surface area contributed by atoms with Crippen molar-refractivity contribution in [2.75, 3.05) is 6.61 Å². The summed E-state index contributed by atoms with van der Waals surface area (Å²) in [6.45, 7) is -0.448. The zero-order valence-corrected chi connectivity index (χ0v) is 19.5. The van der Waals surface area contributed by atoms with Gasteiger partial charge in [-0.2, -0.15) is 0 Å². The Bertz CT molecular complexity index is 961. The average molecular weight is 473 g/mol. The van der Waals surface area contributed by atoms with Gasteiger partial charge in [-0.25, -0.2) is 0 Å². The minimum atomic E-state index is -1.40. The van der Waals surface area contributed by atoms with Gasteiger partial charge in [0, 0.05) is 5.02 Å². The Balaban J connectivity index is 1.29. The number of benzene rings is 2. The van der Waals surface area contributed by atoms with Gasteiger partial charge in [-0.15, -0.1) is 0 Å². The molecular formula is C27H33ClO5. The Morgan fingerprint density at radius 2 is 1.55 bits per heavy atom. The predicted molar refractivity (Wildman–Crippen MR) is 126 cm³/mol.